The lowest BCUT2D eigenvalue weighted by Crippen LogP contribution is -2.61. The number of aliphatic hydroxyl groups excluding tert-OH is 2. The van der Waals surface area contributed by atoms with Crippen molar-refractivity contribution in [2.75, 3.05) is 6.61 Å². The average molecular weight is 636 g/mol. The molecule has 0 radical (unpaired) electrons. The molecule has 1 fully saturated rings. The largest absolute Gasteiger partial charge is 0.504 e. The summed E-state index contributed by atoms with van der Waals surface area (Å²) in [5.74, 6) is -12.3. The molecule has 0 aliphatic carbocycles. The van der Waals surface area contributed by atoms with Crippen LogP contribution in [0.3, 0.4) is 0 Å². The van der Waals surface area contributed by atoms with Crippen LogP contribution >= 0.6 is 0 Å². The number of aromatic hydroxyl groups is 9. The lowest BCUT2D eigenvalue weighted by atomic mass is 9.98. The normalized spacial score (nSPS) is 21.1. The van der Waals surface area contributed by atoms with E-state index in [-0.39, 0.29) is 0 Å². The maximum atomic E-state index is 12.9. The number of esters is 3. The minimum absolute atomic E-state index is 0.476. The summed E-state index contributed by atoms with van der Waals surface area (Å²) in [4.78, 5) is 38.1. The third-order valence-corrected chi connectivity index (χ3v) is 6.42. The van der Waals surface area contributed by atoms with Crippen molar-refractivity contribution in [2.24, 2.45) is 0 Å². The van der Waals surface area contributed by atoms with E-state index in [4.69, 9.17) is 18.9 Å². The van der Waals surface area contributed by atoms with Crippen LogP contribution in [0.5, 0.6) is 51.7 Å². The summed E-state index contributed by atoms with van der Waals surface area (Å²) in [6, 6.07) is 4.20. The molecule has 0 spiro atoms. The molecule has 11 N–H and O–H groups in total. The molecule has 1 aliphatic heterocycles. The maximum Gasteiger partial charge on any atom is 0.338 e. The average Bonchev–Trinajstić information content (AvgIpc) is 2.98. The van der Waals surface area contributed by atoms with Crippen LogP contribution in [0.25, 0.3) is 0 Å². The molecular formula is C27H24O18. The fourth-order valence-electron chi connectivity index (χ4n) is 4.11. The molecule has 240 valence electrons. The number of hydrogen-bond acceptors (Lipinski definition) is 18. The molecule has 45 heavy (non-hydrogen) atoms. The molecule has 0 saturated carbocycles. The standard InChI is InChI=1S/C27H24O18/c28-11-1-8(2-12(29)18(11)34)24(38)42-7-17-22(44-25(39)9-3-13(30)19(35)14(31)4-9)21(37)23(27(41)43-17)45-26(40)10-5-15(32)20(36)16(33)6-10/h1-6,17,21-23,27-37,41H,7H2/t17-,21+,22-,23-,27+/m1/s1. The van der Waals surface area contributed by atoms with E-state index in [9.17, 15) is 70.6 Å². The SMILES string of the molecule is O=C(OC[C@H]1O[C@H](O)[C@H](OC(=O)c2cc(O)c(O)c(O)c2)[C@@H](O)[C@@H]1OC(=O)c1cc(O)c(O)c(O)c1)c1cc(O)c(O)c(O)c1. The van der Waals surface area contributed by atoms with E-state index in [1.54, 1.807) is 0 Å². The Morgan fingerprint density at radius 3 is 1.27 bits per heavy atom. The molecule has 0 aromatic heterocycles. The van der Waals surface area contributed by atoms with E-state index in [0.717, 1.165) is 12.1 Å². The smallest absolute Gasteiger partial charge is 0.338 e. The second-order valence-corrected chi connectivity index (χ2v) is 9.48. The Labute approximate surface area is 249 Å². The monoisotopic (exact) mass is 636 g/mol. The van der Waals surface area contributed by atoms with Crippen LogP contribution in [-0.4, -0.2) is 111 Å². The number of rotatable bonds is 7. The van der Waals surface area contributed by atoms with Crippen LogP contribution in [-0.2, 0) is 18.9 Å². The molecule has 1 saturated heterocycles. The van der Waals surface area contributed by atoms with Gasteiger partial charge < -0.3 is 75.1 Å². The summed E-state index contributed by atoms with van der Waals surface area (Å²) >= 11 is 0. The van der Waals surface area contributed by atoms with E-state index in [0.29, 0.717) is 24.3 Å². The number of carbonyl (C=O) groups is 3. The summed E-state index contributed by atoms with van der Waals surface area (Å²) in [5, 5.41) is 108. The van der Waals surface area contributed by atoms with Crippen molar-refractivity contribution < 1.29 is 89.5 Å². The molecular weight excluding hydrogens is 612 g/mol. The minimum Gasteiger partial charge on any atom is -0.504 e. The summed E-state index contributed by atoms with van der Waals surface area (Å²) in [6.07, 6.45) is -10.1. The highest BCUT2D eigenvalue weighted by atomic mass is 16.7. The number of carbonyl (C=O) groups excluding carboxylic acids is 3. The predicted octanol–water partition coefficient (Wildman–Crippen LogP) is -0.277. The first kappa shape index (κ1) is 32.1. The number of ether oxygens (including phenoxy) is 4. The first-order valence-electron chi connectivity index (χ1n) is 12.4. The molecule has 1 heterocycles. The third kappa shape index (κ3) is 6.56. The summed E-state index contributed by atoms with van der Waals surface area (Å²) in [7, 11) is 0. The topological polar surface area (TPSA) is 311 Å². The fraction of sp³-hybridized carbons (Fsp3) is 0.222. The van der Waals surface area contributed by atoms with Crippen molar-refractivity contribution in [2.45, 2.75) is 30.7 Å². The van der Waals surface area contributed by atoms with E-state index < -0.39 is 124 Å². The van der Waals surface area contributed by atoms with Crippen LogP contribution in [0.1, 0.15) is 31.1 Å². The molecule has 4 rings (SSSR count). The van der Waals surface area contributed by atoms with Gasteiger partial charge in [0.15, 0.2) is 70.2 Å². The lowest BCUT2D eigenvalue weighted by Gasteiger charge is -2.41. The Hall–Kier alpha value is -5.85. The molecule has 18 nitrogen and oxygen atoms in total. The zero-order chi connectivity index (χ0) is 33.3. The predicted molar refractivity (Wildman–Crippen MR) is 140 cm³/mol. The Bertz CT molecular complexity index is 1580. The Kier molecular flexibility index (Phi) is 8.84. The second-order valence-electron chi connectivity index (χ2n) is 9.48. The molecule has 0 unspecified atom stereocenters. The maximum absolute atomic E-state index is 12.9. The molecule has 5 atom stereocenters. The number of hydrogen-bond donors (Lipinski definition) is 11. The highest BCUT2D eigenvalue weighted by molar-refractivity contribution is 5.92. The van der Waals surface area contributed by atoms with Gasteiger partial charge in [-0.1, -0.05) is 0 Å². The summed E-state index contributed by atoms with van der Waals surface area (Å²) in [6.45, 7) is -0.917. The minimum atomic E-state index is -2.20. The number of phenols is 9. The second kappa shape index (κ2) is 12.4. The first-order valence-corrected chi connectivity index (χ1v) is 12.4. The molecule has 1 aliphatic rings. The van der Waals surface area contributed by atoms with Crippen molar-refractivity contribution in [3.05, 3.63) is 53.1 Å². The van der Waals surface area contributed by atoms with Gasteiger partial charge in [0.05, 0.1) is 16.7 Å². The molecule has 3 aromatic rings. The van der Waals surface area contributed by atoms with Crippen LogP contribution in [0.15, 0.2) is 36.4 Å². The lowest BCUT2D eigenvalue weighted by molar-refractivity contribution is -0.284. The Morgan fingerprint density at radius 1 is 0.556 bits per heavy atom. The van der Waals surface area contributed by atoms with Gasteiger partial charge in [0.25, 0.3) is 0 Å². The number of phenolic OH excluding ortho intramolecular Hbond substituents is 9. The van der Waals surface area contributed by atoms with Crippen molar-refractivity contribution in [1.82, 2.24) is 0 Å². The van der Waals surface area contributed by atoms with Crippen LogP contribution in [0, 0.1) is 0 Å². The summed E-state index contributed by atoms with van der Waals surface area (Å²) in [5.41, 5.74) is -1.62. The van der Waals surface area contributed by atoms with Crippen molar-refractivity contribution in [1.29, 1.82) is 0 Å². The van der Waals surface area contributed by atoms with Crippen molar-refractivity contribution in [3.63, 3.8) is 0 Å². The van der Waals surface area contributed by atoms with Gasteiger partial charge in [-0.2, -0.15) is 0 Å². The zero-order valence-electron chi connectivity index (χ0n) is 22.3. The third-order valence-electron chi connectivity index (χ3n) is 6.42. The number of benzene rings is 3. The van der Waals surface area contributed by atoms with Crippen molar-refractivity contribution in [3.8, 4) is 51.7 Å². The van der Waals surface area contributed by atoms with E-state index in [1.807, 2.05) is 0 Å². The number of aliphatic hydroxyl groups is 2. The highest BCUT2D eigenvalue weighted by Crippen LogP contribution is 2.38. The van der Waals surface area contributed by atoms with E-state index in [1.165, 1.54) is 0 Å². The van der Waals surface area contributed by atoms with E-state index >= 15 is 0 Å². The van der Waals surface area contributed by atoms with Gasteiger partial charge in [0, 0.05) is 0 Å². The van der Waals surface area contributed by atoms with Gasteiger partial charge in [-0.15, -0.1) is 0 Å². The van der Waals surface area contributed by atoms with Crippen molar-refractivity contribution >= 4 is 17.9 Å². The van der Waals surface area contributed by atoms with Crippen LogP contribution in [0.2, 0.25) is 0 Å². The zero-order valence-corrected chi connectivity index (χ0v) is 22.3. The quantitative estimate of drug-likeness (QED) is 0.0902. The first-order chi connectivity index (χ1) is 21.1. The van der Waals surface area contributed by atoms with Gasteiger partial charge in [-0.05, 0) is 36.4 Å². The van der Waals surface area contributed by atoms with Gasteiger partial charge in [0.1, 0.15) is 18.8 Å². The van der Waals surface area contributed by atoms with Gasteiger partial charge in [0.2, 0.25) is 0 Å². The van der Waals surface area contributed by atoms with Crippen LogP contribution in [0.4, 0.5) is 0 Å². The molecule has 18 heteroatoms. The van der Waals surface area contributed by atoms with Gasteiger partial charge in [-0.25, -0.2) is 14.4 Å². The van der Waals surface area contributed by atoms with Gasteiger partial charge in [-0.3, -0.25) is 0 Å². The summed E-state index contributed by atoms with van der Waals surface area (Å²) < 4.78 is 20.6. The van der Waals surface area contributed by atoms with Gasteiger partial charge >= 0.3 is 17.9 Å². The molecule has 3 aromatic carbocycles. The van der Waals surface area contributed by atoms with E-state index in [2.05, 4.69) is 0 Å². The Morgan fingerprint density at radius 2 is 0.889 bits per heavy atom. The Balaban J connectivity index is 1.60. The highest BCUT2D eigenvalue weighted by Gasteiger charge is 2.50. The molecule has 0 amide bonds. The fourth-order valence-corrected chi connectivity index (χ4v) is 4.11. The van der Waals surface area contributed by atoms with Crippen LogP contribution < -0.4 is 0 Å². The molecule has 0 bridgehead atoms.